The summed E-state index contributed by atoms with van der Waals surface area (Å²) in [5.41, 5.74) is 3.11. The first kappa shape index (κ1) is 17.9. The third-order valence-electron chi connectivity index (χ3n) is 5.38. The van der Waals surface area contributed by atoms with Crippen molar-refractivity contribution < 1.29 is 14.3 Å². The minimum Gasteiger partial charge on any atom is -0.454 e. The second-order valence-electron chi connectivity index (χ2n) is 7.30. The number of rotatable bonds is 5. The molecule has 1 N–H and O–H groups in total. The van der Waals surface area contributed by atoms with Crippen LogP contribution in [-0.2, 0) is 0 Å². The fraction of sp³-hybridized carbons (Fsp3) is 0.409. The molecule has 5 nitrogen and oxygen atoms in total. The minimum absolute atomic E-state index is 0.0811. The predicted octanol–water partition coefficient (Wildman–Crippen LogP) is 3.68. The molecule has 2 aromatic rings. The molecule has 0 bridgehead atoms. The van der Waals surface area contributed by atoms with Crippen molar-refractivity contribution in [1.82, 2.24) is 10.2 Å². The Bertz CT molecular complexity index is 798. The molecule has 0 radical (unpaired) electrons. The van der Waals surface area contributed by atoms with E-state index in [0.29, 0.717) is 23.6 Å². The number of carbonyl (C=O) groups is 1. The zero-order chi connectivity index (χ0) is 18.6. The first-order valence-corrected chi connectivity index (χ1v) is 9.69. The average molecular weight is 366 g/mol. The van der Waals surface area contributed by atoms with Gasteiger partial charge in [-0.15, -0.1) is 0 Å². The van der Waals surface area contributed by atoms with Crippen molar-refractivity contribution in [3.63, 3.8) is 0 Å². The van der Waals surface area contributed by atoms with Crippen LogP contribution in [-0.4, -0.2) is 37.2 Å². The molecule has 1 unspecified atom stereocenters. The van der Waals surface area contributed by atoms with Gasteiger partial charge in [-0.3, -0.25) is 9.69 Å². The minimum atomic E-state index is -0.0811. The molecule has 5 heteroatoms. The number of nitrogens with one attached hydrogen (secondary N) is 1. The smallest absolute Gasteiger partial charge is 0.251 e. The number of fused-ring (bicyclic) bond motifs is 1. The molecule has 0 aromatic heterocycles. The maximum atomic E-state index is 12.7. The highest BCUT2D eigenvalue weighted by atomic mass is 16.7. The van der Waals surface area contributed by atoms with Gasteiger partial charge in [-0.2, -0.15) is 0 Å². The van der Waals surface area contributed by atoms with E-state index in [2.05, 4.69) is 41.4 Å². The number of benzene rings is 2. The monoisotopic (exact) mass is 366 g/mol. The van der Waals surface area contributed by atoms with Crippen LogP contribution in [0.1, 0.15) is 46.8 Å². The molecule has 2 aliphatic heterocycles. The van der Waals surface area contributed by atoms with Gasteiger partial charge in [0.25, 0.3) is 5.91 Å². The summed E-state index contributed by atoms with van der Waals surface area (Å²) in [5, 5.41) is 3.12. The summed E-state index contributed by atoms with van der Waals surface area (Å²) < 4.78 is 10.7. The van der Waals surface area contributed by atoms with E-state index in [9.17, 15) is 4.79 Å². The predicted molar refractivity (Wildman–Crippen MR) is 104 cm³/mol. The second-order valence-corrected chi connectivity index (χ2v) is 7.30. The van der Waals surface area contributed by atoms with E-state index in [1.165, 1.54) is 30.4 Å². The van der Waals surface area contributed by atoms with Crippen molar-refractivity contribution in [3.8, 4) is 11.5 Å². The van der Waals surface area contributed by atoms with Crippen LogP contribution >= 0.6 is 0 Å². The first-order chi connectivity index (χ1) is 13.2. The van der Waals surface area contributed by atoms with Gasteiger partial charge < -0.3 is 14.8 Å². The number of amides is 1. The molecule has 2 aromatic carbocycles. The molecular formula is C22H26N2O3. The van der Waals surface area contributed by atoms with Crippen molar-refractivity contribution in [3.05, 3.63) is 59.2 Å². The molecule has 0 saturated carbocycles. The van der Waals surface area contributed by atoms with Crippen molar-refractivity contribution >= 4 is 5.91 Å². The van der Waals surface area contributed by atoms with E-state index >= 15 is 0 Å². The molecule has 2 heterocycles. The molecule has 4 rings (SSSR count). The molecule has 1 saturated heterocycles. The van der Waals surface area contributed by atoms with Gasteiger partial charge in [0.2, 0.25) is 6.79 Å². The van der Waals surface area contributed by atoms with Crippen LogP contribution in [0.25, 0.3) is 0 Å². The Morgan fingerprint density at radius 2 is 1.78 bits per heavy atom. The van der Waals surface area contributed by atoms with Gasteiger partial charge in [0, 0.05) is 12.1 Å². The number of piperidine rings is 1. The number of likely N-dealkylation sites (tertiary alicyclic amines) is 1. The van der Waals surface area contributed by atoms with Crippen molar-refractivity contribution in [2.24, 2.45) is 0 Å². The van der Waals surface area contributed by atoms with Crippen molar-refractivity contribution in [2.45, 2.75) is 32.2 Å². The quantitative estimate of drug-likeness (QED) is 0.877. The Morgan fingerprint density at radius 1 is 1.04 bits per heavy atom. The van der Waals surface area contributed by atoms with Gasteiger partial charge >= 0.3 is 0 Å². The lowest BCUT2D eigenvalue weighted by Gasteiger charge is -2.35. The van der Waals surface area contributed by atoms with E-state index in [1.54, 1.807) is 18.2 Å². The largest absolute Gasteiger partial charge is 0.454 e. The van der Waals surface area contributed by atoms with Crippen molar-refractivity contribution in [1.29, 1.82) is 0 Å². The molecule has 142 valence electrons. The molecule has 1 fully saturated rings. The number of nitrogens with zero attached hydrogens (tertiary/aromatic N) is 1. The number of aryl methyl sites for hydroxylation is 1. The summed E-state index contributed by atoms with van der Waals surface area (Å²) >= 11 is 0. The fourth-order valence-corrected chi connectivity index (χ4v) is 3.81. The summed E-state index contributed by atoms with van der Waals surface area (Å²) in [5.74, 6) is 1.24. The highest BCUT2D eigenvalue weighted by Gasteiger charge is 2.23. The summed E-state index contributed by atoms with van der Waals surface area (Å²) in [6.07, 6.45) is 3.73. The summed E-state index contributed by atoms with van der Waals surface area (Å²) in [6.45, 7) is 5.07. The van der Waals surface area contributed by atoms with Gasteiger partial charge in [-0.05, 0) is 56.6 Å². The molecule has 1 amide bonds. The fourth-order valence-electron chi connectivity index (χ4n) is 3.81. The zero-order valence-corrected chi connectivity index (χ0v) is 15.7. The Kier molecular flexibility index (Phi) is 5.30. The van der Waals surface area contributed by atoms with Crippen LogP contribution in [0.4, 0.5) is 0 Å². The Hall–Kier alpha value is -2.53. The van der Waals surface area contributed by atoms with Gasteiger partial charge in [0.15, 0.2) is 11.5 Å². The highest BCUT2D eigenvalue weighted by Crippen LogP contribution is 2.32. The molecule has 0 aliphatic carbocycles. The Labute approximate surface area is 160 Å². The SMILES string of the molecule is Cc1ccc(C(CNC(=O)c2ccc3c(c2)OCO3)N2CCCCC2)cc1. The van der Waals surface area contributed by atoms with Gasteiger partial charge in [0.05, 0.1) is 6.04 Å². The lowest BCUT2D eigenvalue weighted by Crippen LogP contribution is -2.40. The maximum absolute atomic E-state index is 12.7. The number of hydrogen-bond acceptors (Lipinski definition) is 4. The molecule has 0 spiro atoms. The number of hydrogen-bond donors (Lipinski definition) is 1. The van der Waals surface area contributed by atoms with Crippen molar-refractivity contribution in [2.75, 3.05) is 26.4 Å². The molecular weight excluding hydrogens is 340 g/mol. The Morgan fingerprint density at radius 3 is 2.56 bits per heavy atom. The zero-order valence-electron chi connectivity index (χ0n) is 15.7. The van der Waals surface area contributed by atoms with Crippen LogP contribution < -0.4 is 14.8 Å². The second kappa shape index (κ2) is 8.01. The van der Waals surface area contributed by atoms with Crippen LogP contribution in [0.15, 0.2) is 42.5 Å². The van der Waals surface area contributed by atoms with Gasteiger partial charge in [0.1, 0.15) is 0 Å². The summed E-state index contributed by atoms with van der Waals surface area (Å²) in [6, 6.07) is 14.2. The normalized spacial score (nSPS) is 17.5. The van der Waals surface area contributed by atoms with E-state index in [-0.39, 0.29) is 18.7 Å². The number of ether oxygens (including phenoxy) is 2. The summed E-state index contributed by atoms with van der Waals surface area (Å²) in [4.78, 5) is 15.2. The van der Waals surface area contributed by atoms with E-state index in [1.807, 2.05) is 0 Å². The lowest BCUT2D eigenvalue weighted by molar-refractivity contribution is 0.0924. The highest BCUT2D eigenvalue weighted by molar-refractivity contribution is 5.95. The lowest BCUT2D eigenvalue weighted by atomic mass is 10.0. The standard InChI is InChI=1S/C22H26N2O3/c1-16-5-7-17(8-6-16)19(24-11-3-2-4-12-24)14-23-22(25)18-9-10-20-21(13-18)27-15-26-20/h5-10,13,19H,2-4,11-12,14-15H2,1H3,(H,23,25). The molecule has 1 atom stereocenters. The van der Waals surface area contributed by atoms with Crippen LogP contribution in [0.5, 0.6) is 11.5 Å². The van der Waals surface area contributed by atoms with Gasteiger partial charge in [-0.25, -0.2) is 0 Å². The van der Waals surface area contributed by atoms with Crippen LogP contribution in [0, 0.1) is 6.92 Å². The summed E-state index contributed by atoms with van der Waals surface area (Å²) in [7, 11) is 0. The van der Waals surface area contributed by atoms with E-state index < -0.39 is 0 Å². The van der Waals surface area contributed by atoms with Crippen LogP contribution in [0.2, 0.25) is 0 Å². The average Bonchev–Trinajstić information content (AvgIpc) is 3.18. The molecule has 2 aliphatic rings. The van der Waals surface area contributed by atoms with Gasteiger partial charge in [-0.1, -0.05) is 36.2 Å². The topological polar surface area (TPSA) is 50.8 Å². The van der Waals surface area contributed by atoms with E-state index in [4.69, 9.17) is 9.47 Å². The third kappa shape index (κ3) is 4.08. The molecule has 27 heavy (non-hydrogen) atoms. The maximum Gasteiger partial charge on any atom is 0.251 e. The van der Waals surface area contributed by atoms with E-state index in [0.717, 1.165) is 13.1 Å². The first-order valence-electron chi connectivity index (χ1n) is 9.69. The number of carbonyl (C=O) groups excluding carboxylic acids is 1. The van der Waals surface area contributed by atoms with Crippen LogP contribution in [0.3, 0.4) is 0 Å². The Balaban J connectivity index is 1.47. The third-order valence-corrected chi connectivity index (χ3v) is 5.38.